The van der Waals surface area contributed by atoms with Gasteiger partial charge in [-0.25, -0.2) is 4.98 Å². The zero-order chi connectivity index (χ0) is 23.3. The number of likely N-dealkylation sites (tertiary alicyclic amines) is 1. The SMILES string of the molecule is COc1ccc(NCc2ncc[nH]2)c(C(=O)NC2CCN(Cc3ccc4c(c3)OCO4)CC2)c1. The maximum Gasteiger partial charge on any atom is 0.253 e. The highest BCUT2D eigenvalue weighted by atomic mass is 16.7. The first-order chi connectivity index (χ1) is 16.7. The topological polar surface area (TPSA) is 101 Å². The van der Waals surface area contributed by atoms with E-state index in [2.05, 4.69) is 37.6 Å². The molecule has 0 radical (unpaired) electrons. The van der Waals surface area contributed by atoms with Gasteiger partial charge < -0.3 is 29.8 Å². The van der Waals surface area contributed by atoms with Crippen LogP contribution >= 0.6 is 0 Å². The van der Waals surface area contributed by atoms with Crippen LogP contribution < -0.4 is 24.8 Å². The number of nitrogens with one attached hydrogen (secondary N) is 3. The first-order valence-electron chi connectivity index (χ1n) is 11.5. The number of piperidine rings is 1. The number of amides is 1. The minimum Gasteiger partial charge on any atom is -0.497 e. The summed E-state index contributed by atoms with van der Waals surface area (Å²) in [6.45, 7) is 3.48. The number of ether oxygens (including phenoxy) is 3. The van der Waals surface area contributed by atoms with Crippen molar-refractivity contribution >= 4 is 11.6 Å². The molecule has 0 bridgehead atoms. The molecule has 178 valence electrons. The molecule has 0 unspecified atom stereocenters. The Morgan fingerprint density at radius 3 is 2.82 bits per heavy atom. The number of methoxy groups -OCH3 is 1. The molecule has 3 heterocycles. The molecular weight excluding hydrogens is 434 g/mol. The Kier molecular flexibility index (Phi) is 6.53. The standard InChI is InChI=1S/C25H29N5O4/c1-32-19-3-4-21(28-14-24-26-8-9-27-24)20(13-19)25(31)29-18-6-10-30(11-7-18)15-17-2-5-22-23(12-17)34-16-33-22/h2-5,8-9,12-13,18,28H,6-7,10-11,14-16H2,1H3,(H,26,27)(H,29,31). The van der Waals surface area contributed by atoms with E-state index in [1.54, 1.807) is 25.6 Å². The van der Waals surface area contributed by atoms with Crippen molar-refractivity contribution in [2.75, 3.05) is 32.3 Å². The zero-order valence-corrected chi connectivity index (χ0v) is 19.2. The Balaban J connectivity index is 1.17. The van der Waals surface area contributed by atoms with E-state index in [9.17, 15) is 4.79 Å². The van der Waals surface area contributed by atoms with Crippen molar-refractivity contribution in [3.8, 4) is 17.2 Å². The lowest BCUT2D eigenvalue weighted by atomic mass is 10.0. The molecule has 0 spiro atoms. The predicted molar refractivity (Wildman–Crippen MR) is 127 cm³/mol. The van der Waals surface area contributed by atoms with Crippen LogP contribution in [0.5, 0.6) is 17.2 Å². The van der Waals surface area contributed by atoms with Gasteiger partial charge in [0, 0.05) is 43.8 Å². The molecule has 1 aromatic heterocycles. The maximum absolute atomic E-state index is 13.2. The first kappa shape index (κ1) is 22.1. The van der Waals surface area contributed by atoms with Crippen molar-refractivity contribution in [1.82, 2.24) is 20.2 Å². The zero-order valence-electron chi connectivity index (χ0n) is 19.2. The number of benzene rings is 2. The fourth-order valence-electron chi connectivity index (χ4n) is 4.36. The van der Waals surface area contributed by atoms with E-state index in [-0.39, 0.29) is 18.7 Å². The van der Waals surface area contributed by atoms with Crippen molar-refractivity contribution < 1.29 is 19.0 Å². The summed E-state index contributed by atoms with van der Waals surface area (Å²) in [5.41, 5.74) is 2.51. The molecule has 2 aliphatic rings. The summed E-state index contributed by atoms with van der Waals surface area (Å²) in [6.07, 6.45) is 5.28. The van der Waals surface area contributed by atoms with Gasteiger partial charge in [-0.15, -0.1) is 0 Å². The normalized spacial score (nSPS) is 15.8. The number of hydrogen-bond acceptors (Lipinski definition) is 7. The molecule has 0 saturated carbocycles. The molecule has 1 saturated heterocycles. The molecule has 0 atom stereocenters. The molecule has 2 aromatic carbocycles. The second-order valence-electron chi connectivity index (χ2n) is 8.51. The molecule has 3 aromatic rings. The van der Waals surface area contributed by atoms with Crippen molar-refractivity contribution in [3.63, 3.8) is 0 Å². The summed E-state index contributed by atoms with van der Waals surface area (Å²) in [5.74, 6) is 2.97. The molecular formula is C25H29N5O4. The van der Waals surface area contributed by atoms with E-state index in [1.165, 1.54) is 5.56 Å². The average molecular weight is 464 g/mol. The molecule has 1 amide bonds. The van der Waals surface area contributed by atoms with E-state index in [4.69, 9.17) is 14.2 Å². The minimum absolute atomic E-state index is 0.102. The summed E-state index contributed by atoms with van der Waals surface area (Å²) in [4.78, 5) is 22.9. The van der Waals surface area contributed by atoms with Gasteiger partial charge in [-0.05, 0) is 48.7 Å². The number of anilines is 1. The number of imidazole rings is 1. The fraction of sp³-hybridized carbons (Fsp3) is 0.360. The van der Waals surface area contributed by atoms with Gasteiger partial charge in [-0.1, -0.05) is 6.07 Å². The lowest BCUT2D eigenvalue weighted by Gasteiger charge is -2.32. The van der Waals surface area contributed by atoms with Crippen LogP contribution in [0.3, 0.4) is 0 Å². The lowest BCUT2D eigenvalue weighted by molar-refractivity contribution is 0.0909. The Hall–Kier alpha value is -3.72. The van der Waals surface area contributed by atoms with Gasteiger partial charge in [0.05, 0.1) is 19.2 Å². The van der Waals surface area contributed by atoms with Crippen molar-refractivity contribution in [3.05, 3.63) is 65.7 Å². The summed E-state index contributed by atoms with van der Waals surface area (Å²) in [5, 5.41) is 6.52. The molecule has 9 heteroatoms. The lowest BCUT2D eigenvalue weighted by Crippen LogP contribution is -2.44. The van der Waals surface area contributed by atoms with Crippen LogP contribution in [0.15, 0.2) is 48.8 Å². The first-order valence-corrected chi connectivity index (χ1v) is 11.5. The summed E-state index contributed by atoms with van der Waals surface area (Å²) < 4.78 is 16.2. The van der Waals surface area contributed by atoms with E-state index < -0.39 is 0 Å². The van der Waals surface area contributed by atoms with Gasteiger partial charge in [-0.2, -0.15) is 0 Å². The molecule has 34 heavy (non-hydrogen) atoms. The number of aromatic nitrogens is 2. The minimum atomic E-state index is -0.102. The molecule has 0 aliphatic carbocycles. The Morgan fingerprint density at radius 2 is 2.03 bits per heavy atom. The van der Waals surface area contributed by atoms with E-state index in [0.29, 0.717) is 17.9 Å². The Labute approximate surface area is 198 Å². The van der Waals surface area contributed by atoms with Gasteiger partial charge >= 0.3 is 0 Å². The maximum atomic E-state index is 13.2. The summed E-state index contributed by atoms with van der Waals surface area (Å²) in [6, 6.07) is 11.7. The van der Waals surface area contributed by atoms with Gasteiger partial charge in [0.15, 0.2) is 11.5 Å². The monoisotopic (exact) mass is 463 g/mol. The van der Waals surface area contributed by atoms with Crippen LogP contribution in [0.25, 0.3) is 0 Å². The summed E-state index contributed by atoms with van der Waals surface area (Å²) >= 11 is 0. The summed E-state index contributed by atoms with van der Waals surface area (Å²) in [7, 11) is 1.60. The molecule has 1 fully saturated rings. The van der Waals surface area contributed by atoms with E-state index in [1.807, 2.05) is 18.2 Å². The highest BCUT2D eigenvalue weighted by Gasteiger charge is 2.23. The van der Waals surface area contributed by atoms with Crippen molar-refractivity contribution in [2.24, 2.45) is 0 Å². The molecule has 2 aliphatic heterocycles. The quantitative estimate of drug-likeness (QED) is 0.472. The Bertz CT molecular complexity index is 1130. The van der Waals surface area contributed by atoms with Gasteiger partial charge in [0.25, 0.3) is 5.91 Å². The Morgan fingerprint density at radius 1 is 1.18 bits per heavy atom. The number of carbonyl (C=O) groups is 1. The van der Waals surface area contributed by atoms with Crippen LogP contribution in [0, 0.1) is 0 Å². The average Bonchev–Trinajstić information content (AvgIpc) is 3.55. The number of nitrogens with zero attached hydrogens (tertiary/aromatic N) is 2. The molecule has 3 N–H and O–H groups in total. The van der Waals surface area contributed by atoms with Crippen molar-refractivity contribution in [2.45, 2.75) is 32.0 Å². The fourth-order valence-corrected chi connectivity index (χ4v) is 4.36. The van der Waals surface area contributed by atoms with Crippen LogP contribution in [0.4, 0.5) is 5.69 Å². The smallest absolute Gasteiger partial charge is 0.253 e. The number of rotatable bonds is 8. The van der Waals surface area contributed by atoms with Gasteiger partial charge in [0.1, 0.15) is 11.6 Å². The number of H-pyrrole nitrogens is 1. The third-order valence-electron chi connectivity index (χ3n) is 6.24. The second-order valence-corrected chi connectivity index (χ2v) is 8.51. The number of carbonyl (C=O) groups excluding carboxylic acids is 1. The van der Waals surface area contributed by atoms with Crippen LogP contribution in [0.2, 0.25) is 0 Å². The number of hydrogen-bond donors (Lipinski definition) is 3. The molecule has 9 nitrogen and oxygen atoms in total. The molecule has 5 rings (SSSR count). The van der Waals surface area contributed by atoms with Crippen LogP contribution in [0.1, 0.15) is 34.6 Å². The number of fused-ring (bicyclic) bond motifs is 1. The van der Waals surface area contributed by atoms with Gasteiger partial charge in [0.2, 0.25) is 6.79 Å². The third-order valence-corrected chi connectivity index (χ3v) is 6.24. The number of aromatic amines is 1. The highest BCUT2D eigenvalue weighted by molar-refractivity contribution is 6.00. The van der Waals surface area contributed by atoms with Crippen LogP contribution in [-0.2, 0) is 13.1 Å². The van der Waals surface area contributed by atoms with Crippen molar-refractivity contribution in [1.29, 1.82) is 0 Å². The largest absolute Gasteiger partial charge is 0.497 e. The van der Waals surface area contributed by atoms with E-state index in [0.717, 1.165) is 55.5 Å². The van der Waals surface area contributed by atoms with Gasteiger partial charge in [-0.3, -0.25) is 9.69 Å². The highest BCUT2D eigenvalue weighted by Crippen LogP contribution is 2.33. The second kappa shape index (κ2) is 10.0. The van der Waals surface area contributed by atoms with Crippen LogP contribution in [-0.4, -0.2) is 53.8 Å². The van der Waals surface area contributed by atoms with E-state index >= 15 is 0 Å². The third kappa shape index (κ3) is 5.09. The predicted octanol–water partition coefficient (Wildman–Crippen LogP) is 3.15.